The van der Waals surface area contributed by atoms with Gasteiger partial charge in [0.1, 0.15) is 12.4 Å². The number of aryl methyl sites for hydroxylation is 1. The van der Waals surface area contributed by atoms with Crippen LogP contribution in [0.3, 0.4) is 0 Å². The zero-order valence-corrected chi connectivity index (χ0v) is 11.3. The van der Waals surface area contributed by atoms with Crippen molar-refractivity contribution < 1.29 is 18.4 Å². The van der Waals surface area contributed by atoms with Crippen LogP contribution < -0.4 is 4.74 Å². The number of aromatic nitrogens is 1. The van der Waals surface area contributed by atoms with Gasteiger partial charge in [-0.2, -0.15) is 0 Å². The minimum absolute atomic E-state index is 0.172. The number of hydrogen-bond donors (Lipinski definition) is 0. The molecule has 0 fully saturated rings. The normalized spacial score (nSPS) is 10.3. The van der Waals surface area contributed by atoms with Crippen LogP contribution in [0.1, 0.15) is 16.2 Å². The lowest BCUT2D eigenvalue weighted by atomic mass is 10.3. The number of halogens is 1. The Morgan fingerprint density at radius 1 is 1.45 bits per heavy atom. The van der Waals surface area contributed by atoms with Crippen LogP contribution in [0.15, 0.2) is 34.9 Å². The van der Waals surface area contributed by atoms with Gasteiger partial charge in [0, 0.05) is 13.1 Å². The van der Waals surface area contributed by atoms with Crippen molar-refractivity contribution in [2.24, 2.45) is 0 Å². The summed E-state index contributed by atoms with van der Waals surface area (Å²) in [5, 5.41) is 3.65. The van der Waals surface area contributed by atoms with E-state index in [-0.39, 0.29) is 24.0 Å². The molecule has 0 radical (unpaired) electrons. The molecule has 2 rings (SSSR count). The Bertz CT molecular complexity index is 598. The van der Waals surface area contributed by atoms with Crippen LogP contribution in [0.25, 0.3) is 0 Å². The summed E-state index contributed by atoms with van der Waals surface area (Å²) in [6, 6.07) is 7.70. The number of amides is 1. The predicted octanol–water partition coefficient (Wildman–Crippen LogP) is 2.27. The molecule has 20 heavy (non-hydrogen) atoms. The molecule has 1 aromatic carbocycles. The molecule has 0 bridgehead atoms. The maximum Gasteiger partial charge on any atom is 0.275 e. The van der Waals surface area contributed by atoms with E-state index in [1.165, 1.54) is 17.0 Å². The summed E-state index contributed by atoms with van der Waals surface area (Å²) in [7, 11) is 1.62. The highest BCUT2D eigenvalue weighted by molar-refractivity contribution is 5.92. The molecule has 0 N–H and O–H groups in total. The Morgan fingerprint density at radius 3 is 2.85 bits per heavy atom. The van der Waals surface area contributed by atoms with Gasteiger partial charge in [0.05, 0.1) is 6.54 Å². The highest BCUT2D eigenvalue weighted by atomic mass is 19.1. The fourth-order valence-corrected chi connectivity index (χ4v) is 1.62. The quantitative estimate of drug-likeness (QED) is 0.842. The highest BCUT2D eigenvalue weighted by Crippen LogP contribution is 2.15. The Labute approximate surface area is 115 Å². The van der Waals surface area contributed by atoms with Gasteiger partial charge in [-0.25, -0.2) is 4.39 Å². The van der Waals surface area contributed by atoms with Crippen molar-refractivity contribution in [3.05, 3.63) is 47.6 Å². The van der Waals surface area contributed by atoms with E-state index in [0.29, 0.717) is 12.3 Å². The maximum atomic E-state index is 13.3. The second-order valence-electron chi connectivity index (χ2n) is 4.33. The summed E-state index contributed by atoms with van der Waals surface area (Å²) < 4.78 is 23.4. The number of ether oxygens (including phenoxy) is 1. The molecule has 0 spiro atoms. The first-order valence-corrected chi connectivity index (χ1v) is 6.14. The molecule has 0 saturated carbocycles. The Morgan fingerprint density at radius 2 is 2.20 bits per heavy atom. The first kappa shape index (κ1) is 14.0. The molecule has 0 aliphatic carbocycles. The predicted molar refractivity (Wildman–Crippen MR) is 70.1 cm³/mol. The fourth-order valence-electron chi connectivity index (χ4n) is 1.62. The van der Waals surface area contributed by atoms with Crippen LogP contribution in [0.4, 0.5) is 4.39 Å². The van der Waals surface area contributed by atoms with Crippen molar-refractivity contribution in [2.75, 3.05) is 20.2 Å². The molecule has 0 aliphatic rings. The minimum Gasteiger partial charge on any atom is -0.489 e. The van der Waals surface area contributed by atoms with Crippen molar-refractivity contribution in [3.63, 3.8) is 0 Å². The molecule has 2 aromatic rings. The molecule has 1 heterocycles. The summed E-state index contributed by atoms with van der Waals surface area (Å²) >= 11 is 0. The molecular formula is C14H15FN2O3. The van der Waals surface area contributed by atoms with Crippen LogP contribution in [0, 0.1) is 12.7 Å². The van der Waals surface area contributed by atoms with Gasteiger partial charge in [0.15, 0.2) is 17.3 Å². The van der Waals surface area contributed by atoms with Crippen LogP contribution in [-0.2, 0) is 0 Å². The molecule has 106 valence electrons. The molecule has 0 aliphatic heterocycles. The van der Waals surface area contributed by atoms with Gasteiger partial charge in [-0.1, -0.05) is 17.3 Å². The zero-order valence-electron chi connectivity index (χ0n) is 11.3. The van der Waals surface area contributed by atoms with Crippen molar-refractivity contribution in [1.82, 2.24) is 10.1 Å². The van der Waals surface area contributed by atoms with Crippen molar-refractivity contribution in [1.29, 1.82) is 0 Å². The summed E-state index contributed by atoms with van der Waals surface area (Å²) in [6.07, 6.45) is 0. The SMILES string of the molecule is Cc1cc(C(=O)N(C)CCOc2ccccc2F)no1. The van der Waals surface area contributed by atoms with Gasteiger partial charge in [-0.05, 0) is 19.1 Å². The number of benzene rings is 1. The number of nitrogens with zero attached hydrogens (tertiary/aromatic N) is 2. The number of hydrogen-bond acceptors (Lipinski definition) is 4. The third kappa shape index (κ3) is 3.34. The largest absolute Gasteiger partial charge is 0.489 e. The molecule has 0 saturated heterocycles. The smallest absolute Gasteiger partial charge is 0.275 e. The third-order valence-corrected chi connectivity index (χ3v) is 2.71. The maximum absolute atomic E-state index is 13.3. The van der Waals surface area contributed by atoms with Crippen LogP contribution in [0.2, 0.25) is 0 Å². The van der Waals surface area contributed by atoms with Gasteiger partial charge in [0.25, 0.3) is 5.91 Å². The average molecular weight is 278 g/mol. The van der Waals surface area contributed by atoms with E-state index in [0.717, 1.165) is 0 Å². The van der Waals surface area contributed by atoms with Crippen LogP contribution in [0.5, 0.6) is 5.75 Å². The Balaban J connectivity index is 1.85. The second-order valence-corrected chi connectivity index (χ2v) is 4.33. The molecule has 5 nitrogen and oxygen atoms in total. The summed E-state index contributed by atoms with van der Waals surface area (Å²) in [4.78, 5) is 13.4. The van der Waals surface area contributed by atoms with E-state index < -0.39 is 5.82 Å². The molecular weight excluding hydrogens is 263 g/mol. The number of carbonyl (C=O) groups is 1. The highest BCUT2D eigenvalue weighted by Gasteiger charge is 2.15. The fraction of sp³-hybridized carbons (Fsp3) is 0.286. The zero-order chi connectivity index (χ0) is 14.5. The molecule has 0 unspecified atom stereocenters. The lowest BCUT2D eigenvalue weighted by molar-refractivity contribution is 0.0762. The molecule has 0 atom stereocenters. The first-order valence-electron chi connectivity index (χ1n) is 6.14. The number of likely N-dealkylation sites (N-methyl/N-ethyl adjacent to an activating group) is 1. The van der Waals surface area contributed by atoms with Crippen molar-refractivity contribution >= 4 is 5.91 Å². The Kier molecular flexibility index (Phi) is 4.34. The van der Waals surface area contributed by atoms with E-state index in [2.05, 4.69) is 5.16 Å². The topological polar surface area (TPSA) is 55.6 Å². The standard InChI is InChI=1S/C14H15FN2O3/c1-10-9-12(16-20-10)14(18)17(2)7-8-19-13-6-4-3-5-11(13)15/h3-6,9H,7-8H2,1-2H3. The number of para-hydroxylation sites is 1. The van der Waals surface area contributed by atoms with Gasteiger partial charge >= 0.3 is 0 Å². The van der Waals surface area contributed by atoms with Crippen molar-refractivity contribution in [3.8, 4) is 5.75 Å². The lowest BCUT2D eigenvalue weighted by Crippen LogP contribution is -2.31. The number of rotatable bonds is 5. The lowest BCUT2D eigenvalue weighted by Gasteiger charge is -2.16. The summed E-state index contributed by atoms with van der Waals surface area (Å²) in [6.45, 7) is 2.23. The van der Waals surface area contributed by atoms with E-state index in [1.807, 2.05) is 0 Å². The monoisotopic (exact) mass is 278 g/mol. The van der Waals surface area contributed by atoms with E-state index >= 15 is 0 Å². The molecule has 6 heteroatoms. The number of carbonyl (C=O) groups excluding carboxylic acids is 1. The third-order valence-electron chi connectivity index (χ3n) is 2.71. The van der Waals surface area contributed by atoms with Crippen molar-refractivity contribution in [2.45, 2.75) is 6.92 Å². The summed E-state index contributed by atoms with van der Waals surface area (Å²) in [5.74, 6) is 0.0579. The van der Waals surface area contributed by atoms with E-state index in [1.54, 1.807) is 32.2 Å². The van der Waals surface area contributed by atoms with E-state index in [9.17, 15) is 9.18 Å². The second kappa shape index (κ2) is 6.18. The van der Waals surface area contributed by atoms with Gasteiger partial charge in [-0.15, -0.1) is 0 Å². The van der Waals surface area contributed by atoms with Gasteiger partial charge in [-0.3, -0.25) is 4.79 Å². The average Bonchev–Trinajstić information content (AvgIpc) is 2.86. The van der Waals surface area contributed by atoms with Crippen LogP contribution in [-0.4, -0.2) is 36.2 Å². The van der Waals surface area contributed by atoms with Gasteiger partial charge < -0.3 is 14.2 Å². The molecule has 1 aromatic heterocycles. The van der Waals surface area contributed by atoms with E-state index in [4.69, 9.17) is 9.26 Å². The summed E-state index contributed by atoms with van der Waals surface area (Å²) in [5.41, 5.74) is 0.246. The minimum atomic E-state index is -0.423. The molecule has 1 amide bonds. The first-order chi connectivity index (χ1) is 9.58. The van der Waals surface area contributed by atoms with Crippen LogP contribution >= 0.6 is 0 Å². The van der Waals surface area contributed by atoms with Gasteiger partial charge in [0.2, 0.25) is 0 Å². The Hall–Kier alpha value is -2.37.